The van der Waals surface area contributed by atoms with E-state index in [4.69, 9.17) is 22.1 Å². The molecule has 1 amide bonds. The Balaban J connectivity index is 1.88. The fourth-order valence-corrected chi connectivity index (χ4v) is 2.17. The molecule has 0 fully saturated rings. The highest BCUT2D eigenvalue weighted by molar-refractivity contribution is 7.80. The lowest BCUT2D eigenvalue weighted by Gasteiger charge is -2.09. The van der Waals surface area contributed by atoms with Crippen LogP contribution in [0.2, 0.25) is 0 Å². The van der Waals surface area contributed by atoms with Gasteiger partial charge in [0.25, 0.3) is 0 Å². The van der Waals surface area contributed by atoms with E-state index >= 15 is 0 Å². The summed E-state index contributed by atoms with van der Waals surface area (Å²) in [6, 6.07) is 14.5. The molecule has 2 rings (SSSR count). The topological polar surface area (TPSA) is 70.6 Å². The van der Waals surface area contributed by atoms with E-state index in [-0.39, 0.29) is 17.6 Å². The SMILES string of the molecule is COc1ccc(/C=C/C(=O)NC(=S)Nc2cccc(CO)c2)cc1. The Morgan fingerprint density at radius 1 is 1.25 bits per heavy atom. The summed E-state index contributed by atoms with van der Waals surface area (Å²) < 4.78 is 5.08. The third kappa shape index (κ3) is 5.49. The minimum Gasteiger partial charge on any atom is -0.497 e. The standard InChI is InChI=1S/C18H18N2O3S/c1-23-16-8-5-13(6-9-16)7-10-17(22)20-18(24)19-15-4-2-3-14(11-15)12-21/h2-11,21H,12H2,1H3,(H2,19,20,22,24)/b10-7+. The van der Waals surface area contributed by atoms with Crippen LogP contribution in [-0.2, 0) is 11.4 Å². The summed E-state index contributed by atoms with van der Waals surface area (Å²) in [7, 11) is 1.60. The average molecular weight is 342 g/mol. The van der Waals surface area contributed by atoms with Gasteiger partial charge in [0.2, 0.25) is 5.91 Å². The second-order valence-corrected chi connectivity index (χ2v) is 5.32. The highest BCUT2D eigenvalue weighted by atomic mass is 32.1. The number of anilines is 1. The lowest BCUT2D eigenvalue weighted by Crippen LogP contribution is -2.32. The first-order chi connectivity index (χ1) is 11.6. The van der Waals surface area contributed by atoms with Gasteiger partial charge in [-0.2, -0.15) is 0 Å². The Labute approximate surface area is 146 Å². The van der Waals surface area contributed by atoms with Gasteiger partial charge in [-0.15, -0.1) is 0 Å². The molecule has 0 radical (unpaired) electrons. The number of amides is 1. The zero-order chi connectivity index (χ0) is 17.4. The molecular weight excluding hydrogens is 324 g/mol. The lowest BCUT2D eigenvalue weighted by molar-refractivity contribution is -0.115. The number of hydrogen-bond acceptors (Lipinski definition) is 4. The fraction of sp³-hybridized carbons (Fsp3) is 0.111. The van der Waals surface area contributed by atoms with Gasteiger partial charge in [-0.25, -0.2) is 0 Å². The Bertz CT molecular complexity index is 742. The van der Waals surface area contributed by atoms with Gasteiger partial charge in [0.15, 0.2) is 5.11 Å². The summed E-state index contributed by atoms with van der Waals surface area (Å²) >= 11 is 5.10. The van der Waals surface area contributed by atoms with E-state index < -0.39 is 0 Å². The van der Waals surface area contributed by atoms with E-state index in [0.29, 0.717) is 5.69 Å². The number of rotatable bonds is 5. The van der Waals surface area contributed by atoms with Gasteiger partial charge in [-0.05, 0) is 53.7 Å². The summed E-state index contributed by atoms with van der Waals surface area (Å²) in [4.78, 5) is 11.9. The quantitative estimate of drug-likeness (QED) is 0.576. The van der Waals surface area contributed by atoms with Crippen LogP contribution < -0.4 is 15.4 Å². The monoisotopic (exact) mass is 342 g/mol. The molecule has 0 saturated heterocycles. The Morgan fingerprint density at radius 2 is 2.00 bits per heavy atom. The number of hydrogen-bond donors (Lipinski definition) is 3. The first-order valence-corrected chi connectivity index (χ1v) is 7.65. The number of aliphatic hydroxyl groups is 1. The normalized spacial score (nSPS) is 10.4. The van der Waals surface area contributed by atoms with Crippen molar-refractivity contribution in [3.8, 4) is 5.75 Å². The minimum atomic E-state index is -0.332. The third-order valence-corrected chi connectivity index (χ3v) is 3.35. The number of ether oxygens (including phenoxy) is 1. The van der Waals surface area contributed by atoms with E-state index in [1.807, 2.05) is 24.3 Å². The van der Waals surface area contributed by atoms with Crippen molar-refractivity contribution >= 4 is 35.0 Å². The Hall–Kier alpha value is -2.70. The lowest BCUT2D eigenvalue weighted by atomic mass is 10.2. The number of benzene rings is 2. The van der Waals surface area contributed by atoms with Crippen molar-refractivity contribution in [2.24, 2.45) is 0 Å². The molecule has 2 aromatic rings. The molecule has 0 heterocycles. The third-order valence-electron chi connectivity index (χ3n) is 3.15. The van der Waals surface area contributed by atoms with Gasteiger partial charge in [-0.3, -0.25) is 10.1 Å². The van der Waals surface area contributed by atoms with E-state index in [9.17, 15) is 4.79 Å². The summed E-state index contributed by atoms with van der Waals surface area (Å²) in [5.74, 6) is 0.425. The molecule has 0 aliphatic carbocycles. The average Bonchev–Trinajstić information content (AvgIpc) is 2.60. The molecule has 0 atom stereocenters. The molecule has 0 aliphatic heterocycles. The zero-order valence-corrected chi connectivity index (χ0v) is 14.0. The summed E-state index contributed by atoms with van der Waals surface area (Å²) in [5, 5.41) is 14.8. The summed E-state index contributed by atoms with van der Waals surface area (Å²) in [6.07, 6.45) is 3.09. The predicted octanol–water partition coefficient (Wildman–Crippen LogP) is 2.71. The van der Waals surface area contributed by atoms with E-state index in [1.165, 1.54) is 6.08 Å². The fourth-order valence-electron chi connectivity index (χ4n) is 1.95. The molecule has 2 aromatic carbocycles. The maximum absolute atomic E-state index is 11.9. The zero-order valence-electron chi connectivity index (χ0n) is 13.2. The van der Waals surface area contributed by atoms with Gasteiger partial charge in [0.1, 0.15) is 5.75 Å². The second-order valence-electron chi connectivity index (χ2n) is 4.91. The molecule has 5 nitrogen and oxygen atoms in total. The van der Waals surface area contributed by atoms with Crippen molar-refractivity contribution in [3.63, 3.8) is 0 Å². The van der Waals surface area contributed by atoms with Crippen LogP contribution >= 0.6 is 12.2 Å². The molecule has 6 heteroatoms. The van der Waals surface area contributed by atoms with Crippen molar-refractivity contribution < 1.29 is 14.6 Å². The van der Waals surface area contributed by atoms with Crippen LogP contribution in [0.15, 0.2) is 54.6 Å². The molecule has 3 N–H and O–H groups in total. The van der Waals surface area contributed by atoms with Gasteiger partial charge in [-0.1, -0.05) is 24.3 Å². The van der Waals surface area contributed by atoms with E-state index in [0.717, 1.165) is 16.9 Å². The smallest absolute Gasteiger partial charge is 0.250 e. The van der Waals surface area contributed by atoms with Gasteiger partial charge in [0, 0.05) is 11.8 Å². The van der Waals surface area contributed by atoms with Crippen molar-refractivity contribution in [3.05, 3.63) is 65.7 Å². The van der Waals surface area contributed by atoms with Gasteiger partial charge in [0.05, 0.1) is 13.7 Å². The maximum Gasteiger partial charge on any atom is 0.250 e. The largest absolute Gasteiger partial charge is 0.497 e. The first-order valence-electron chi connectivity index (χ1n) is 7.24. The van der Waals surface area contributed by atoms with Crippen molar-refractivity contribution in [2.45, 2.75) is 6.61 Å². The molecule has 0 saturated carbocycles. The number of aliphatic hydroxyl groups excluding tert-OH is 1. The van der Waals surface area contributed by atoms with E-state index in [1.54, 1.807) is 37.5 Å². The molecular formula is C18H18N2O3S. The maximum atomic E-state index is 11.9. The number of nitrogens with one attached hydrogen (secondary N) is 2. The van der Waals surface area contributed by atoms with Crippen LogP contribution in [0, 0.1) is 0 Å². The van der Waals surface area contributed by atoms with Crippen LogP contribution in [0.25, 0.3) is 6.08 Å². The molecule has 0 aliphatic rings. The highest BCUT2D eigenvalue weighted by Gasteiger charge is 2.02. The number of thiocarbonyl (C=S) groups is 1. The van der Waals surface area contributed by atoms with Crippen molar-refractivity contribution in [2.75, 3.05) is 12.4 Å². The van der Waals surface area contributed by atoms with Gasteiger partial charge < -0.3 is 15.2 Å². The molecule has 0 spiro atoms. The molecule has 24 heavy (non-hydrogen) atoms. The highest BCUT2D eigenvalue weighted by Crippen LogP contribution is 2.12. The molecule has 124 valence electrons. The van der Waals surface area contributed by atoms with Crippen molar-refractivity contribution in [1.82, 2.24) is 5.32 Å². The van der Waals surface area contributed by atoms with Gasteiger partial charge >= 0.3 is 0 Å². The van der Waals surface area contributed by atoms with E-state index in [2.05, 4.69) is 10.6 Å². The summed E-state index contributed by atoms with van der Waals surface area (Å²) in [5.41, 5.74) is 2.33. The van der Waals surface area contributed by atoms with Crippen molar-refractivity contribution in [1.29, 1.82) is 0 Å². The minimum absolute atomic E-state index is 0.0563. The first kappa shape index (κ1) is 17.7. The second kappa shape index (κ2) is 8.81. The van der Waals surface area contributed by atoms with Crippen LogP contribution in [-0.4, -0.2) is 23.2 Å². The number of carbonyl (C=O) groups is 1. The van der Waals surface area contributed by atoms with Crippen LogP contribution in [0.1, 0.15) is 11.1 Å². The summed E-state index contributed by atoms with van der Waals surface area (Å²) in [6.45, 7) is -0.0563. The number of methoxy groups -OCH3 is 1. The Kier molecular flexibility index (Phi) is 6.48. The Morgan fingerprint density at radius 3 is 2.67 bits per heavy atom. The van der Waals surface area contributed by atoms with Crippen LogP contribution in [0.3, 0.4) is 0 Å². The van der Waals surface area contributed by atoms with Crippen LogP contribution in [0.4, 0.5) is 5.69 Å². The molecule has 0 bridgehead atoms. The molecule has 0 unspecified atom stereocenters. The predicted molar refractivity (Wildman–Crippen MR) is 98.8 cm³/mol. The molecule has 0 aromatic heterocycles. The van der Waals surface area contributed by atoms with Crippen LogP contribution in [0.5, 0.6) is 5.75 Å². The number of carbonyl (C=O) groups excluding carboxylic acids is 1.